The first-order valence-corrected chi connectivity index (χ1v) is 5.96. The fourth-order valence-electron chi connectivity index (χ4n) is 1.95. The van der Waals surface area contributed by atoms with Gasteiger partial charge in [-0.1, -0.05) is 0 Å². The van der Waals surface area contributed by atoms with E-state index >= 15 is 0 Å². The number of carbonyl (C=O) groups excluding carboxylic acids is 1. The minimum absolute atomic E-state index is 0.113. The lowest BCUT2D eigenvalue weighted by molar-refractivity contribution is 0.0280. The predicted octanol–water partition coefficient (Wildman–Crippen LogP) is 1.75. The first kappa shape index (κ1) is 14.2. The highest BCUT2D eigenvalue weighted by molar-refractivity contribution is 5.68. The third-order valence-corrected chi connectivity index (χ3v) is 2.61. The Balaban J connectivity index is 2.51. The molecule has 0 aromatic carbocycles. The highest BCUT2D eigenvalue weighted by atomic mass is 19.1. The molecule has 2 atom stereocenters. The number of carbonyl (C=O) groups is 1. The van der Waals surface area contributed by atoms with Crippen molar-refractivity contribution in [3.8, 4) is 0 Å². The molecule has 0 radical (unpaired) electrons. The van der Waals surface area contributed by atoms with Gasteiger partial charge in [0.05, 0.1) is 6.54 Å². The molecule has 4 nitrogen and oxygen atoms in total. The molecule has 17 heavy (non-hydrogen) atoms. The number of hydrogen-bond donors (Lipinski definition) is 0. The molecule has 1 rings (SSSR count). The number of ether oxygens (including phenoxy) is 1. The maximum Gasteiger partial charge on any atom is 0.410 e. The van der Waals surface area contributed by atoms with Crippen LogP contribution in [0.3, 0.4) is 0 Å². The SMILES string of the molecule is CN(C)CC1CN(C(=O)OC(C)(C)C)CC1F. The van der Waals surface area contributed by atoms with E-state index < -0.39 is 17.9 Å². The molecule has 0 aromatic rings. The average molecular weight is 246 g/mol. The van der Waals surface area contributed by atoms with Crippen LogP contribution in [-0.4, -0.2) is 61.4 Å². The number of hydrogen-bond acceptors (Lipinski definition) is 3. The summed E-state index contributed by atoms with van der Waals surface area (Å²) in [5.41, 5.74) is -0.525. The second-order valence-corrected chi connectivity index (χ2v) is 5.92. The molecule has 1 aliphatic heterocycles. The Morgan fingerprint density at radius 1 is 1.41 bits per heavy atom. The standard InChI is InChI=1S/C12H23FN2O2/c1-12(2,3)17-11(16)15-7-9(6-14(4)5)10(13)8-15/h9-10H,6-8H2,1-5H3. The van der Waals surface area contributed by atoms with Gasteiger partial charge in [0.1, 0.15) is 11.8 Å². The Bertz CT molecular complexity index is 276. The van der Waals surface area contributed by atoms with E-state index in [9.17, 15) is 9.18 Å². The molecule has 0 aromatic heterocycles. The number of rotatable bonds is 2. The number of nitrogens with zero attached hydrogens (tertiary/aromatic N) is 2. The second-order valence-electron chi connectivity index (χ2n) is 5.92. The van der Waals surface area contributed by atoms with E-state index in [2.05, 4.69) is 0 Å². The molecule has 5 heteroatoms. The van der Waals surface area contributed by atoms with Crippen LogP contribution < -0.4 is 0 Å². The molecule has 2 unspecified atom stereocenters. The van der Waals surface area contributed by atoms with E-state index in [4.69, 9.17) is 4.74 Å². The van der Waals surface area contributed by atoms with Crippen molar-refractivity contribution < 1.29 is 13.9 Å². The van der Waals surface area contributed by atoms with Crippen molar-refractivity contribution >= 4 is 6.09 Å². The van der Waals surface area contributed by atoms with Gasteiger partial charge >= 0.3 is 6.09 Å². The van der Waals surface area contributed by atoms with Crippen LogP contribution in [0.2, 0.25) is 0 Å². The van der Waals surface area contributed by atoms with E-state index in [1.54, 1.807) is 0 Å². The third kappa shape index (κ3) is 4.50. The zero-order valence-electron chi connectivity index (χ0n) is 11.4. The van der Waals surface area contributed by atoms with Gasteiger partial charge in [0, 0.05) is 19.0 Å². The molecule has 0 saturated carbocycles. The summed E-state index contributed by atoms with van der Waals surface area (Å²) in [7, 11) is 3.81. The lowest BCUT2D eigenvalue weighted by atomic mass is 10.1. The van der Waals surface area contributed by atoms with Crippen molar-refractivity contribution in [1.29, 1.82) is 0 Å². The normalized spacial score (nSPS) is 25.5. The van der Waals surface area contributed by atoms with E-state index in [0.29, 0.717) is 13.1 Å². The average Bonchev–Trinajstić information content (AvgIpc) is 2.44. The highest BCUT2D eigenvalue weighted by Gasteiger charge is 2.37. The highest BCUT2D eigenvalue weighted by Crippen LogP contribution is 2.22. The summed E-state index contributed by atoms with van der Waals surface area (Å²) in [5.74, 6) is -0.113. The first-order chi connectivity index (χ1) is 7.69. The molecule has 1 amide bonds. The molecule has 0 N–H and O–H groups in total. The second kappa shape index (κ2) is 5.21. The minimum atomic E-state index is -0.954. The van der Waals surface area contributed by atoms with Gasteiger partial charge in [-0.05, 0) is 34.9 Å². The largest absolute Gasteiger partial charge is 0.444 e. The molecule has 1 aliphatic rings. The Labute approximate surface area is 103 Å². The van der Waals surface area contributed by atoms with Crippen molar-refractivity contribution in [2.24, 2.45) is 5.92 Å². The van der Waals surface area contributed by atoms with Gasteiger partial charge in [0.2, 0.25) is 0 Å². The summed E-state index contributed by atoms with van der Waals surface area (Å²) in [6, 6.07) is 0. The smallest absolute Gasteiger partial charge is 0.410 e. The van der Waals surface area contributed by atoms with E-state index in [-0.39, 0.29) is 12.5 Å². The Morgan fingerprint density at radius 2 is 2.00 bits per heavy atom. The Hall–Kier alpha value is -0.840. The van der Waals surface area contributed by atoms with Crippen molar-refractivity contribution in [2.75, 3.05) is 33.7 Å². The van der Waals surface area contributed by atoms with Gasteiger partial charge < -0.3 is 14.5 Å². The fourth-order valence-corrected chi connectivity index (χ4v) is 1.95. The number of likely N-dealkylation sites (tertiary alicyclic amines) is 1. The maximum absolute atomic E-state index is 13.7. The van der Waals surface area contributed by atoms with Crippen molar-refractivity contribution in [1.82, 2.24) is 9.80 Å². The predicted molar refractivity (Wildman–Crippen MR) is 64.7 cm³/mol. The van der Waals surface area contributed by atoms with Crippen LogP contribution in [0.1, 0.15) is 20.8 Å². The fraction of sp³-hybridized carbons (Fsp3) is 0.917. The summed E-state index contributed by atoms with van der Waals surface area (Å²) < 4.78 is 18.9. The molecule has 0 bridgehead atoms. The minimum Gasteiger partial charge on any atom is -0.444 e. The zero-order chi connectivity index (χ0) is 13.2. The Morgan fingerprint density at radius 3 is 2.47 bits per heavy atom. The van der Waals surface area contributed by atoms with Gasteiger partial charge in [-0.15, -0.1) is 0 Å². The van der Waals surface area contributed by atoms with Crippen molar-refractivity contribution in [2.45, 2.75) is 32.5 Å². The quantitative estimate of drug-likeness (QED) is 0.744. The van der Waals surface area contributed by atoms with Gasteiger partial charge in [-0.25, -0.2) is 9.18 Å². The van der Waals surface area contributed by atoms with Crippen molar-refractivity contribution in [3.05, 3.63) is 0 Å². The van der Waals surface area contributed by atoms with Gasteiger partial charge in [-0.3, -0.25) is 0 Å². The van der Waals surface area contributed by atoms with Crippen LogP contribution >= 0.6 is 0 Å². The summed E-state index contributed by atoms with van der Waals surface area (Å²) >= 11 is 0. The molecule has 1 heterocycles. The number of halogens is 1. The lowest BCUT2D eigenvalue weighted by Gasteiger charge is -2.24. The van der Waals surface area contributed by atoms with Gasteiger partial charge in [-0.2, -0.15) is 0 Å². The number of alkyl halides is 1. The molecule has 100 valence electrons. The van der Waals surface area contributed by atoms with Crippen LogP contribution in [0.25, 0.3) is 0 Å². The molecule has 0 aliphatic carbocycles. The maximum atomic E-state index is 13.7. The third-order valence-electron chi connectivity index (χ3n) is 2.61. The molecule has 1 fully saturated rings. The first-order valence-electron chi connectivity index (χ1n) is 5.96. The van der Waals surface area contributed by atoms with E-state index in [1.807, 2.05) is 39.8 Å². The van der Waals surface area contributed by atoms with Crippen LogP contribution in [0.4, 0.5) is 9.18 Å². The summed E-state index contributed by atoms with van der Waals surface area (Å²) in [6.45, 7) is 6.67. The zero-order valence-corrected chi connectivity index (χ0v) is 11.4. The monoisotopic (exact) mass is 246 g/mol. The molecule has 0 spiro atoms. The topological polar surface area (TPSA) is 32.8 Å². The summed E-state index contributed by atoms with van der Waals surface area (Å²) in [5, 5.41) is 0. The van der Waals surface area contributed by atoms with Crippen LogP contribution in [-0.2, 0) is 4.74 Å². The molecular formula is C12H23FN2O2. The lowest BCUT2D eigenvalue weighted by Crippen LogP contribution is -2.36. The van der Waals surface area contributed by atoms with E-state index in [1.165, 1.54) is 4.90 Å². The van der Waals surface area contributed by atoms with E-state index in [0.717, 1.165) is 0 Å². The van der Waals surface area contributed by atoms with Crippen molar-refractivity contribution in [3.63, 3.8) is 0 Å². The van der Waals surface area contributed by atoms with Crippen LogP contribution in [0, 0.1) is 5.92 Å². The van der Waals surface area contributed by atoms with Crippen LogP contribution in [0.15, 0.2) is 0 Å². The molecular weight excluding hydrogens is 223 g/mol. The summed E-state index contributed by atoms with van der Waals surface area (Å²) in [6.07, 6.45) is -1.37. The van der Waals surface area contributed by atoms with Crippen LogP contribution in [0.5, 0.6) is 0 Å². The molecule has 1 saturated heterocycles. The summed E-state index contributed by atoms with van der Waals surface area (Å²) in [4.78, 5) is 15.2. The van der Waals surface area contributed by atoms with Gasteiger partial charge in [0.15, 0.2) is 0 Å². The van der Waals surface area contributed by atoms with Gasteiger partial charge in [0.25, 0.3) is 0 Å². The number of amides is 1. The Kier molecular flexibility index (Phi) is 4.36.